The van der Waals surface area contributed by atoms with Gasteiger partial charge in [0.25, 0.3) is 0 Å². The highest BCUT2D eigenvalue weighted by Gasteiger charge is 2.32. The highest BCUT2D eigenvalue weighted by molar-refractivity contribution is 5.80. The molecular weight excluding hydrogens is 240 g/mol. The first-order valence-corrected chi connectivity index (χ1v) is 7.79. The van der Waals surface area contributed by atoms with Crippen LogP contribution in [0.25, 0.3) is 0 Å². The van der Waals surface area contributed by atoms with E-state index < -0.39 is 0 Å². The Kier molecular flexibility index (Phi) is 5.64. The Bertz CT molecular complexity index is 284. The fourth-order valence-electron chi connectivity index (χ4n) is 3.16. The first kappa shape index (κ1) is 14.8. The summed E-state index contributed by atoms with van der Waals surface area (Å²) in [5.41, 5.74) is 0. The van der Waals surface area contributed by atoms with Crippen molar-refractivity contribution in [2.45, 2.75) is 70.1 Å². The van der Waals surface area contributed by atoms with E-state index in [0.29, 0.717) is 6.04 Å². The van der Waals surface area contributed by atoms with Gasteiger partial charge in [-0.25, -0.2) is 0 Å². The van der Waals surface area contributed by atoms with E-state index in [-0.39, 0.29) is 18.1 Å². The molecule has 1 atom stereocenters. The van der Waals surface area contributed by atoms with Crippen molar-refractivity contribution >= 4 is 5.91 Å². The molecule has 0 radical (unpaired) electrons. The molecule has 2 aliphatic carbocycles. The summed E-state index contributed by atoms with van der Waals surface area (Å²) < 4.78 is 5.83. The molecule has 4 heteroatoms. The summed E-state index contributed by atoms with van der Waals surface area (Å²) in [6.45, 7) is 2.94. The number of hydrogen-bond donors (Lipinski definition) is 2. The standard InChI is InChI=1S/C15H28N2O2/c1-11(19-14-8-12(9-14)10-16-2)15(18)17-13-6-4-3-5-7-13/h11-14,16H,3-10H2,1-2H3,(H,17,18). The maximum atomic E-state index is 12.0. The second kappa shape index (κ2) is 7.25. The van der Waals surface area contributed by atoms with Crippen LogP contribution < -0.4 is 10.6 Å². The van der Waals surface area contributed by atoms with E-state index in [1.54, 1.807) is 0 Å². The van der Waals surface area contributed by atoms with Crippen molar-refractivity contribution in [3.8, 4) is 0 Å². The lowest BCUT2D eigenvalue weighted by Gasteiger charge is -2.36. The van der Waals surface area contributed by atoms with Gasteiger partial charge in [0.15, 0.2) is 0 Å². The van der Waals surface area contributed by atoms with Gasteiger partial charge in [0.1, 0.15) is 6.10 Å². The molecule has 1 amide bonds. The van der Waals surface area contributed by atoms with Gasteiger partial charge in [-0.3, -0.25) is 4.79 Å². The molecule has 0 aliphatic heterocycles. The third-order valence-electron chi connectivity index (χ3n) is 4.40. The smallest absolute Gasteiger partial charge is 0.249 e. The Labute approximate surface area is 116 Å². The van der Waals surface area contributed by atoms with Crippen LogP contribution in [-0.4, -0.2) is 37.7 Å². The molecule has 2 aliphatic rings. The summed E-state index contributed by atoms with van der Waals surface area (Å²) >= 11 is 0. The lowest BCUT2D eigenvalue weighted by Crippen LogP contribution is -2.46. The van der Waals surface area contributed by atoms with E-state index in [1.165, 1.54) is 19.3 Å². The topological polar surface area (TPSA) is 50.4 Å². The van der Waals surface area contributed by atoms with Gasteiger partial charge in [-0.05, 0) is 52.1 Å². The molecule has 2 N–H and O–H groups in total. The summed E-state index contributed by atoms with van der Waals surface area (Å²) in [5.74, 6) is 0.799. The third kappa shape index (κ3) is 4.46. The highest BCUT2D eigenvalue weighted by Crippen LogP contribution is 2.30. The molecule has 0 aromatic heterocycles. The van der Waals surface area contributed by atoms with Gasteiger partial charge < -0.3 is 15.4 Å². The molecule has 0 aromatic carbocycles. The van der Waals surface area contributed by atoms with Crippen molar-refractivity contribution in [3.05, 3.63) is 0 Å². The van der Waals surface area contributed by atoms with Crippen LogP contribution in [-0.2, 0) is 9.53 Å². The number of carbonyl (C=O) groups is 1. The first-order valence-electron chi connectivity index (χ1n) is 7.79. The highest BCUT2D eigenvalue weighted by atomic mass is 16.5. The largest absolute Gasteiger partial charge is 0.365 e. The van der Waals surface area contributed by atoms with Gasteiger partial charge in [-0.1, -0.05) is 19.3 Å². The summed E-state index contributed by atoms with van der Waals surface area (Å²) in [7, 11) is 1.98. The van der Waals surface area contributed by atoms with Crippen molar-refractivity contribution in [1.82, 2.24) is 10.6 Å². The van der Waals surface area contributed by atoms with Gasteiger partial charge in [0.05, 0.1) is 6.10 Å². The zero-order chi connectivity index (χ0) is 13.7. The summed E-state index contributed by atoms with van der Waals surface area (Å²) in [6.07, 6.45) is 8.21. The van der Waals surface area contributed by atoms with Crippen LogP contribution in [0.4, 0.5) is 0 Å². The second-order valence-corrected chi connectivity index (χ2v) is 6.14. The van der Waals surface area contributed by atoms with E-state index in [0.717, 1.165) is 38.1 Å². The number of ether oxygens (including phenoxy) is 1. The summed E-state index contributed by atoms with van der Waals surface area (Å²) in [5, 5.41) is 6.32. The van der Waals surface area contributed by atoms with Gasteiger partial charge in [-0.2, -0.15) is 0 Å². The zero-order valence-corrected chi connectivity index (χ0v) is 12.3. The predicted molar refractivity (Wildman–Crippen MR) is 76.0 cm³/mol. The average molecular weight is 268 g/mol. The number of amides is 1. The number of nitrogens with one attached hydrogen (secondary N) is 2. The molecule has 2 saturated carbocycles. The van der Waals surface area contributed by atoms with Crippen LogP contribution >= 0.6 is 0 Å². The summed E-state index contributed by atoms with van der Waals surface area (Å²) in [4.78, 5) is 12.0. The van der Waals surface area contributed by atoms with Crippen molar-refractivity contribution in [1.29, 1.82) is 0 Å². The molecular formula is C15H28N2O2. The van der Waals surface area contributed by atoms with Crippen molar-refractivity contribution in [3.63, 3.8) is 0 Å². The predicted octanol–water partition coefficient (Wildman–Crippen LogP) is 1.84. The van der Waals surface area contributed by atoms with Crippen molar-refractivity contribution < 1.29 is 9.53 Å². The Morgan fingerprint density at radius 1 is 1.26 bits per heavy atom. The van der Waals surface area contributed by atoms with Crippen LogP contribution in [0, 0.1) is 5.92 Å². The van der Waals surface area contributed by atoms with Gasteiger partial charge in [-0.15, -0.1) is 0 Å². The second-order valence-electron chi connectivity index (χ2n) is 6.14. The molecule has 2 rings (SSSR count). The molecule has 0 bridgehead atoms. The Morgan fingerprint density at radius 2 is 1.95 bits per heavy atom. The number of carbonyl (C=O) groups excluding carboxylic acids is 1. The minimum absolute atomic E-state index is 0.0731. The molecule has 0 saturated heterocycles. The first-order chi connectivity index (χ1) is 9.19. The van der Waals surface area contributed by atoms with E-state index >= 15 is 0 Å². The molecule has 0 spiro atoms. The maximum Gasteiger partial charge on any atom is 0.249 e. The number of hydrogen-bond acceptors (Lipinski definition) is 3. The van der Waals surface area contributed by atoms with Crippen molar-refractivity contribution in [2.75, 3.05) is 13.6 Å². The van der Waals surface area contributed by atoms with Crippen LogP contribution in [0.1, 0.15) is 51.9 Å². The molecule has 0 heterocycles. The fraction of sp³-hybridized carbons (Fsp3) is 0.933. The Hall–Kier alpha value is -0.610. The molecule has 110 valence electrons. The van der Waals surface area contributed by atoms with E-state index in [4.69, 9.17) is 4.74 Å². The average Bonchev–Trinajstić information content (AvgIpc) is 2.37. The van der Waals surface area contributed by atoms with E-state index in [2.05, 4.69) is 10.6 Å². The van der Waals surface area contributed by atoms with Crippen LogP contribution in [0.15, 0.2) is 0 Å². The number of rotatable bonds is 6. The van der Waals surface area contributed by atoms with Gasteiger partial charge in [0.2, 0.25) is 5.91 Å². The van der Waals surface area contributed by atoms with Gasteiger partial charge in [0, 0.05) is 6.04 Å². The molecule has 1 unspecified atom stereocenters. The van der Waals surface area contributed by atoms with E-state index in [9.17, 15) is 4.79 Å². The van der Waals surface area contributed by atoms with Crippen molar-refractivity contribution in [2.24, 2.45) is 5.92 Å². The molecule has 19 heavy (non-hydrogen) atoms. The van der Waals surface area contributed by atoms with Gasteiger partial charge >= 0.3 is 0 Å². The molecule has 4 nitrogen and oxygen atoms in total. The Morgan fingerprint density at radius 3 is 2.58 bits per heavy atom. The maximum absolute atomic E-state index is 12.0. The lowest BCUT2D eigenvalue weighted by atomic mass is 9.82. The third-order valence-corrected chi connectivity index (χ3v) is 4.40. The monoisotopic (exact) mass is 268 g/mol. The van der Waals surface area contributed by atoms with Crippen LogP contribution in [0.3, 0.4) is 0 Å². The zero-order valence-electron chi connectivity index (χ0n) is 12.3. The quantitative estimate of drug-likeness (QED) is 0.773. The van der Waals surface area contributed by atoms with Crippen LogP contribution in [0.5, 0.6) is 0 Å². The Balaban J connectivity index is 1.62. The normalized spacial score (nSPS) is 29.6. The minimum atomic E-state index is -0.303. The lowest BCUT2D eigenvalue weighted by molar-refractivity contribution is -0.142. The van der Waals surface area contributed by atoms with Crippen LogP contribution in [0.2, 0.25) is 0 Å². The minimum Gasteiger partial charge on any atom is -0.365 e. The fourth-order valence-corrected chi connectivity index (χ4v) is 3.16. The summed E-state index contributed by atoms with van der Waals surface area (Å²) in [6, 6.07) is 0.380. The molecule has 0 aromatic rings. The van der Waals surface area contributed by atoms with E-state index in [1.807, 2.05) is 14.0 Å². The SMILES string of the molecule is CNCC1CC(OC(C)C(=O)NC2CCCCC2)C1. The molecule has 2 fully saturated rings.